The first kappa shape index (κ1) is 25.3. The third kappa shape index (κ3) is 4.17. The number of hydrogen-bond acceptors (Lipinski definition) is 5. The number of pyridine rings is 2. The summed E-state index contributed by atoms with van der Waals surface area (Å²) in [7, 11) is 0. The summed E-state index contributed by atoms with van der Waals surface area (Å²) in [6.07, 6.45) is 7.39. The number of furan rings is 2. The number of nitrogens with zero attached hydrogens (tertiary/aromatic N) is 3. The fourth-order valence-corrected chi connectivity index (χ4v) is 6.32. The summed E-state index contributed by atoms with van der Waals surface area (Å²) in [4.78, 5) is 11.1. The zero-order chi connectivity index (χ0) is 29.7. The van der Waals surface area contributed by atoms with Gasteiger partial charge < -0.3 is 13.7 Å². The number of para-hydroxylation sites is 3. The van der Waals surface area contributed by atoms with Gasteiger partial charge in [0, 0.05) is 74.5 Å². The van der Waals surface area contributed by atoms with Crippen LogP contribution in [0.25, 0.3) is 66.1 Å². The van der Waals surface area contributed by atoms with Crippen LogP contribution in [0.5, 0.6) is 0 Å². The van der Waals surface area contributed by atoms with Gasteiger partial charge in [0.15, 0.2) is 0 Å². The molecular weight excluding hydrogens is 554 g/mol. The molecule has 0 spiro atoms. The van der Waals surface area contributed by atoms with Gasteiger partial charge in [0.25, 0.3) is 0 Å². The summed E-state index contributed by atoms with van der Waals surface area (Å²) < 4.78 is 12.6. The molecule has 212 valence electrons. The Morgan fingerprint density at radius 3 is 1.78 bits per heavy atom. The Bertz CT molecular complexity index is 2320. The molecule has 0 aliphatic rings. The summed E-state index contributed by atoms with van der Waals surface area (Å²) in [6, 6.07) is 44.0. The average molecular weight is 580 g/mol. The van der Waals surface area contributed by atoms with Crippen molar-refractivity contribution in [3.63, 3.8) is 0 Å². The fraction of sp³-hybridized carbons (Fsp3) is 0. The van der Waals surface area contributed by atoms with E-state index >= 15 is 0 Å². The smallest absolute Gasteiger partial charge is 0.146 e. The minimum Gasteiger partial charge on any atom is -0.455 e. The quantitative estimate of drug-likeness (QED) is 0.203. The van der Waals surface area contributed by atoms with E-state index in [1.54, 1.807) is 6.20 Å². The fourth-order valence-electron chi connectivity index (χ4n) is 6.32. The molecule has 5 aromatic carbocycles. The monoisotopic (exact) mass is 579 g/mol. The molecule has 0 amide bonds. The van der Waals surface area contributed by atoms with Crippen molar-refractivity contribution in [2.75, 3.05) is 4.90 Å². The van der Waals surface area contributed by atoms with Gasteiger partial charge in [-0.05, 0) is 59.7 Å². The molecular formula is C40H25N3O2. The molecule has 0 bridgehead atoms. The molecule has 0 aliphatic carbocycles. The Morgan fingerprint density at radius 1 is 0.400 bits per heavy atom. The van der Waals surface area contributed by atoms with E-state index in [4.69, 9.17) is 8.83 Å². The van der Waals surface area contributed by atoms with Crippen LogP contribution in [-0.4, -0.2) is 9.97 Å². The molecule has 0 saturated heterocycles. The van der Waals surface area contributed by atoms with E-state index in [1.165, 1.54) is 0 Å². The largest absolute Gasteiger partial charge is 0.455 e. The lowest BCUT2D eigenvalue weighted by Gasteiger charge is -2.26. The Balaban J connectivity index is 1.11. The summed E-state index contributed by atoms with van der Waals surface area (Å²) in [5.41, 5.74) is 10.8. The van der Waals surface area contributed by atoms with Crippen molar-refractivity contribution in [3.05, 3.63) is 152 Å². The van der Waals surface area contributed by atoms with Gasteiger partial charge in [0.05, 0.1) is 0 Å². The van der Waals surface area contributed by atoms with Gasteiger partial charge in [0.2, 0.25) is 0 Å². The Hall–Kier alpha value is -6.20. The second-order valence-electron chi connectivity index (χ2n) is 11.1. The summed E-state index contributed by atoms with van der Waals surface area (Å²) in [5.74, 6) is 0. The maximum Gasteiger partial charge on any atom is 0.146 e. The molecule has 0 radical (unpaired) electrons. The Morgan fingerprint density at radius 2 is 1.00 bits per heavy atom. The molecule has 5 heteroatoms. The topological polar surface area (TPSA) is 55.3 Å². The zero-order valence-electron chi connectivity index (χ0n) is 24.1. The van der Waals surface area contributed by atoms with Gasteiger partial charge in [-0.2, -0.15) is 0 Å². The van der Waals surface area contributed by atoms with E-state index < -0.39 is 0 Å². The van der Waals surface area contributed by atoms with Crippen molar-refractivity contribution < 1.29 is 8.83 Å². The molecule has 4 aromatic heterocycles. The van der Waals surface area contributed by atoms with Crippen molar-refractivity contribution in [2.24, 2.45) is 0 Å². The standard InChI is InChI=1S/C40H25N3O2/c1-2-7-28(8-3-1)43(29-17-13-26(14-18-29)31-10-6-11-33-35-24-41-22-21-38(35)45-39(31)33)30-19-15-27(16-20-30)34-23-42-25-36-32-9-4-5-12-37(32)44-40(34)36/h1-25H. The first-order chi connectivity index (χ1) is 22.3. The number of hydrogen-bond donors (Lipinski definition) is 0. The van der Waals surface area contributed by atoms with Gasteiger partial charge in [-0.3, -0.25) is 9.97 Å². The highest BCUT2D eigenvalue weighted by Gasteiger charge is 2.17. The summed E-state index contributed by atoms with van der Waals surface area (Å²) >= 11 is 0. The van der Waals surface area contributed by atoms with E-state index in [0.717, 1.165) is 83.2 Å². The van der Waals surface area contributed by atoms with Crippen LogP contribution < -0.4 is 4.90 Å². The molecule has 5 nitrogen and oxygen atoms in total. The maximum absolute atomic E-state index is 6.29. The minimum absolute atomic E-state index is 0.843. The SMILES string of the molecule is c1ccc(N(c2ccc(-c3cccc4c3oc3ccncc34)cc2)c2ccc(-c3cncc4c3oc3ccccc34)cc2)cc1. The van der Waals surface area contributed by atoms with E-state index in [-0.39, 0.29) is 0 Å². The van der Waals surface area contributed by atoms with Crippen molar-refractivity contribution in [2.45, 2.75) is 0 Å². The van der Waals surface area contributed by atoms with Crippen LogP contribution in [-0.2, 0) is 0 Å². The predicted octanol–water partition coefficient (Wildman–Crippen LogP) is 11.1. The molecule has 45 heavy (non-hydrogen) atoms. The number of aromatic nitrogens is 2. The average Bonchev–Trinajstić information content (AvgIpc) is 3.68. The van der Waals surface area contributed by atoms with E-state index in [1.807, 2.05) is 48.9 Å². The van der Waals surface area contributed by atoms with Crippen molar-refractivity contribution in [1.29, 1.82) is 0 Å². The Labute approximate surface area is 258 Å². The lowest BCUT2D eigenvalue weighted by Crippen LogP contribution is -2.09. The van der Waals surface area contributed by atoms with Crippen LogP contribution in [0.15, 0.2) is 161 Å². The van der Waals surface area contributed by atoms with Crippen LogP contribution in [0.4, 0.5) is 17.1 Å². The third-order valence-electron chi connectivity index (χ3n) is 8.47. The first-order valence-electron chi connectivity index (χ1n) is 14.9. The second-order valence-corrected chi connectivity index (χ2v) is 11.1. The second kappa shape index (κ2) is 10.2. The van der Waals surface area contributed by atoms with Crippen molar-refractivity contribution >= 4 is 60.9 Å². The maximum atomic E-state index is 6.29. The van der Waals surface area contributed by atoms with Gasteiger partial charge in [-0.15, -0.1) is 0 Å². The van der Waals surface area contributed by atoms with Crippen LogP contribution in [0.3, 0.4) is 0 Å². The molecule has 9 aromatic rings. The number of rotatable bonds is 5. The number of anilines is 3. The van der Waals surface area contributed by atoms with E-state index in [9.17, 15) is 0 Å². The van der Waals surface area contributed by atoms with Gasteiger partial charge >= 0.3 is 0 Å². The Kier molecular flexibility index (Phi) is 5.74. The number of benzene rings is 5. The first-order valence-corrected chi connectivity index (χ1v) is 14.9. The third-order valence-corrected chi connectivity index (χ3v) is 8.47. The van der Waals surface area contributed by atoms with Crippen LogP contribution in [0.2, 0.25) is 0 Å². The van der Waals surface area contributed by atoms with Gasteiger partial charge in [-0.1, -0.05) is 78.9 Å². The summed E-state index contributed by atoms with van der Waals surface area (Å²) in [5, 5.41) is 4.19. The lowest BCUT2D eigenvalue weighted by atomic mass is 10.0. The lowest BCUT2D eigenvalue weighted by molar-refractivity contribution is 0.669. The molecule has 0 unspecified atom stereocenters. The van der Waals surface area contributed by atoms with Crippen LogP contribution in [0, 0.1) is 0 Å². The van der Waals surface area contributed by atoms with E-state index in [0.29, 0.717) is 0 Å². The van der Waals surface area contributed by atoms with Crippen LogP contribution in [0.1, 0.15) is 0 Å². The molecule has 0 fully saturated rings. The van der Waals surface area contributed by atoms with E-state index in [2.05, 4.69) is 112 Å². The van der Waals surface area contributed by atoms with Crippen molar-refractivity contribution in [3.8, 4) is 22.3 Å². The molecule has 0 N–H and O–H groups in total. The molecule has 4 heterocycles. The predicted molar refractivity (Wildman–Crippen MR) is 182 cm³/mol. The molecule has 0 saturated carbocycles. The van der Waals surface area contributed by atoms with Crippen LogP contribution >= 0.6 is 0 Å². The summed E-state index contributed by atoms with van der Waals surface area (Å²) in [6.45, 7) is 0. The zero-order valence-corrected chi connectivity index (χ0v) is 24.1. The van der Waals surface area contributed by atoms with Crippen molar-refractivity contribution in [1.82, 2.24) is 9.97 Å². The van der Waals surface area contributed by atoms with Gasteiger partial charge in [0.1, 0.15) is 22.3 Å². The molecule has 9 rings (SSSR count). The highest BCUT2D eigenvalue weighted by atomic mass is 16.3. The highest BCUT2D eigenvalue weighted by molar-refractivity contribution is 6.10. The highest BCUT2D eigenvalue weighted by Crippen LogP contribution is 2.40. The molecule has 0 atom stereocenters. The van der Waals surface area contributed by atoms with Gasteiger partial charge in [-0.25, -0.2) is 0 Å². The normalized spacial score (nSPS) is 11.6. The minimum atomic E-state index is 0.843. The molecule has 0 aliphatic heterocycles. The number of fused-ring (bicyclic) bond motifs is 6.